The van der Waals surface area contributed by atoms with Crippen LogP contribution in [0, 0.1) is 5.82 Å². The molecule has 0 aliphatic carbocycles. The number of fused-ring (bicyclic) bond motifs is 1. The first-order valence-electron chi connectivity index (χ1n) is 9.09. The Balaban J connectivity index is 1.72. The van der Waals surface area contributed by atoms with Crippen LogP contribution in [0.15, 0.2) is 36.7 Å². The average molecular weight is 442 g/mol. The van der Waals surface area contributed by atoms with E-state index in [1.165, 1.54) is 12.1 Å². The van der Waals surface area contributed by atoms with Gasteiger partial charge in [-0.25, -0.2) is 19.3 Å². The van der Waals surface area contributed by atoms with Crippen molar-refractivity contribution in [2.75, 3.05) is 18.4 Å². The zero-order valence-corrected chi connectivity index (χ0v) is 16.1. The van der Waals surface area contributed by atoms with Gasteiger partial charge in [0.05, 0.1) is 10.5 Å². The van der Waals surface area contributed by atoms with Gasteiger partial charge in [-0.3, -0.25) is 0 Å². The quantitative estimate of drug-likeness (QED) is 0.576. The lowest BCUT2D eigenvalue weighted by atomic mass is 10.1. The molecule has 4 rings (SSSR count). The molecule has 1 aromatic carbocycles. The number of rotatable bonds is 5. The lowest BCUT2D eigenvalue weighted by Gasteiger charge is -2.23. The maximum Gasteiger partial charge on any atom is 0.412 e. The zero-order valence-electron chi connectivity index (χ0n) is 15.4. The monoisotopic (exact) mass is 441 g/mol. The van der Waals surface area contributed by atoms with E-state index in [0.717, 1.165) is 25.4 Å². The molecule has 2 atom stereocenters. The Morgan fingerprint density at radius 3 is 2.77 bits per heavy atom. The van der Waals surface area contributed by atoms with Crippen LogP contribution in [0.25, 0.3) is 11.0 Å². The van der Waals surface area contributed by atoms with E-state index in [9.17, 15) is 17.6 Å². The van der Waals surface area contributed by atoms with E-state index in [4.69, 9.17) is 16.3 Å². The SMILES string of the molecule is Fc1c(Cl)cccc1[C@@H](Nc1ncnc2ccc(O[C@H]3CCNC3)nc12)C(F)(F)F. The Morgan fingerprint density at radius 2 is 2.03 bits per heavy atom. The molecule has 1 aliphatic heterocycles. The van der Waals surface area contributed by atoms with Gasteiger partial charge in [-0.2, -0.15) is 13.2 Å². The fourth-order valence-electron chi connectivity index (χ4n) is 3.21. The van der Waals surface area contributed by atoms with Gasteiger partial charge in [-0.1, -0.05) is 23.7 Å². The zero-order chi connectivity index (χ0) is 21.3. The highest BCUT2D eigenvalue weighted by molar-refractivity contribution is 6.30. The predicted molar refractivity (Wildman–Crippen MR) is 103 cm³/mol. The molecule has 11 heteroatoms. The van der Waals surface area contributed by atoms with Gasteiger partial charge in [0.15, 0.2) is 11.9 Å². The summed E-state index contributed by atoms with van der Waals surface area (Å²) < 4.78 is 61.5. The molecule has 0 spiro atoms. The number of hydrogen-bond acceptors (Lipinski definition) is 6. The van der Waals surface area contributed by atoms with Crippen LogP contribution >= 0.6 is 11.6 Å². The van der Waals surface area contributed by atoms with Crippen molar-refractivity contribution < 1.29 is 22.3 Å². The Bertz CT molecular complexity index is 1060. The molecule has 0 unspecified atom stereocenters. The fraction of sp³-hybridized carbons (Fsp3) is 0.316. The molecule has 0 saturated carbocycles. The van der Waals surface area contributed by atoms with E-state index in [2.05, 4.69) is 25.6 Å². The molecule has 158 valence electrons. The standard InChI is InChI=1S/C19H16ClF4N5O/c20-12-3-1-2-11(15(12)21)17(19(22,23)24)29-18-16-13(26-9-27-18)4-5-14(28-16)30-10-6-7-25-8-10/h1-5,9-10,17,25H,6-8H2,(H,26,27,29)/t10-,17+/m0/s1. The number of benzene rings is 1. The highest BCUT2D eigenvalue weighted by atomic mass is 35.5. The molecule has 1 saturated heterocycles. The summed E-state index contributed by atoms with van der Waals surface area (Å²) in [5.41, 5.74) is -0.249. The molecular formula is C19H16ClF4N5O. The minimum Gasteiger partial charge on any atom is -0.473 e. The highest BCUT2D eigenvalue weighted by Gasteiger charge is 2.43. The summed E-state index contributed by atoms with van der Waals surface area (Å²) in [6, 6.07) is 4.23. The first-order chi connectivity index (χ1) is 14.3. The number of nitrogens with one attached hydrogen (secondary N) is 2. The van der Waals surface area contributed by atoms with Crippen LogP contribution in [0.2, 0.25) is 5.02 Å². The topological polar surface area (TPSA) is 72.0 Å². The Morgan fingerprint density at radius 1 is 1.20 bits per heavy atom. The third-order valence-corrected chi connectivity index (χ3v) is 4.95. The molecule has 0 radical (unpaired) electrons. The molecular weight excluding hydrogens is 426 g/mol. The van der Waals surface area contributed by atoms with Crippen molar-refractivity contribution in [1.29, 1.82) is 0 Å². The summed E-state index contributed by atoms with van der Waals surface area (Å²) in [7, 11) is 0. The summed E-state index contributed by atoms with van der Waals surface area (Å²) in [5, 5.41) is 5.01. The lowest BCUT2D eigenvalue weighted by Crippen LogP contribution is -2.29. The Labute approximate surface area is 173 Å². The van der Waals surface area contributed by atoms with Crippen molar-refractivity contribution in [3.63, 3.8) is 0 Å². The fourth-order valence-corrected chi connectivity index (χ4v) is 3.39. The Kier molecular flexibility index (Phi) is 5.61. The van der Waals surface area contributed by atoms with Crippen LogP contribution in [-0.4, -0.2) is 40.3 Å². The molecule has 2 N–H and O–H groups in total. The first kappa shape index (κ1) is 20.5. The average Bonchev–Trinajstić information content (AvgIpc) is 3.21. The second-order valence-corrected chi connectivity index (χ2v) is 7.14. The van der Waals surface area contributed by atoms with Gasteiger partial charge in [0, 0.05) is 18.2 Å². The second-order valence-electron chi connectivity index (χ2n) is 6.73. The van der Waals surface area contributed by atoms with E-state index < -0.39 is 28.6 Å². The smallest absolute Gasteiger partial charge is 0.412 e. The third kappa shape index (κ3) is 4.24. The maximum atomic E-state index is 14.3. The third-order valence-electron chi connectivity index (χ3n) is 4.66. The highest BCUT2D eigenvalue weighted by Crippen LogP contribution is 2.38. The normalized spacial score (nSPS) is 17.8. The number of alkyl halides is 3. The molecule has 1 aliphatic rings. The predicted octanol–water partition coefficient (Wildman–Crippen LogP) is 4.27. The van der Waals surface area contributed by atoms with Crippen molar-refractivity contribution in [2.45, 2.75) is 24.7 Å². The van der Waals surface area contributed by atoms with Crippen molar-refractivity contribution in [2.24, 2.45) is 0 Å². The largest absolute Gasteiger partial charge is 0.473 e. The number of hydrogen-bond donors (Lipinski definition) is 2. The van der Waals surface area contributed by atoms with Crippen LogP contribution in [0.1, 0.15) is 18.0 Å². The maximum absolute atomic E-state index is 14.3. The number of ether oxygens (including phenoxy) is 1. The van der Waals surface area contributed by atoms with Crippen LogP contribution in [0.5, 0.6) is 5.88 Å². The van der Waals surface area contributed by atoms with Crippen LogP contribution in [0.4, 0.5) is 23.4 Å². The molecule has 0 bridgehead atoms. The van der Waals surface area contributed by atoms with E-state index in [0.29, 0.717) is 12.1 Å². The summed E-state index contributed by atoms with van der Waals surface area (Å²) in [6.07, 6.45) is -3.01. The number of aromatic nitrogens is 3. The van der Waals surface area contributed by atoms with Gasteiger partial charge < -0.3 is 15.4 Å². The van der Waals surface area contributed by atoms with Gasteiger partial charge in [-0.15, -0.1) is 0 Å². The van der Waals surface area contributed by atoms with Gasteiger partial charge in [0.2, 0.25) is 5.88 Å². The van der Waals surface area contributed by atoms with Gasteiger partial charge >= 0.3 is 6.18 Å². The molecule has 1 fully saturated rings. The first-order valence-corrected chi connectivity index (χ1v) is 9.47. The molecule has 30 heavy (non-hydrogen) atoms. The second kappa shape index (κ2) is 8.19. The van der Waals surface area contributed by atoms with Gasteiger partial charge in [-0.05, 0) is 25.1 Å². The number of pyridine rings is 1. The van der Waals surface area contributed by atoms with Crippen molar-refractivity contribution in [3.05, 3.63) is 53.1 Å². The molecule has 3 aromatic rings. The van der Waals surface area contributed by atoms with Gasteiger partial charge in [0.1, 0.15) is 23.8 Å². The van der Waals surface area contributed by atoms with Crippen LogP contribution < -0.4 is 15.4 Å². The number of nitrogens with zero attached hydrogens (tertiary/aromatic N) is 3. The summed E-state index contributed by atoms with van der Waals surface area (Å²) in [4.78, 5) is 12.2. The van der Waals surface area contributed by atoms with E-state index in [1.54, 1.807) is 12.1 Å². The van der Waals surface area contributed by atoms with Crippen molar-refractivity contribution in [1.82, 2.24) is 20.3 Å². The molecule has 2 aromatic heterocycles. The number of halogens is 5. The summed E-state index contributed by atoms with van der Waals surface area (Å²) in [5.74, 6) is -1.11. The molecule has 3 heterocycles. The van der Waals surface area contributed by atoms with Crippen LogP contribution in [-0.2, 0) is 0 Å². The minimum atomic E-state index is -4.83. The lowest BCUT2D eigenvalue weighted by molar-refractivity contribution is -0.144. The Hall–Kier alpha value is -2.72. The summed E-state index contributed by atoms with van der Waals surface area (Å²) in [6.45, 7) is 1.47. The summed E-state index contributed by atoms with van der Waals surface area (Å²) >= 11 is 5.68. The van der Waals surface area contributed by atoms with E-state index >= 15 is 0 Å². The van der Waals surface area contributed by atoms with Gasteiger partial charge in [0.25, 0.3) is 0 Å². The number of anilines is 1. The molecule has 0 amide bonds. The molecule has 6 nitrogen and oxygen atoms in total. The minimum absolute atomic E-state index is 0.0812. The van der Waals surface area contributed by atoms with Crippen molar-refractivity contribution >= 4 is 28.5 Å². The van der Waals surface area contributed by atoms with Crippen molar-refractivity contribution in [3.8, 4) is 5.88 Å². The van der Waals surface area contributed by atoms with E-state index in [1.807, 2.05) is 0 Å². The van der Waals surface area contributed by atoms with Crippen LogP contribution in [0.3, 0.4) is 0 Å². The van der Waals surface area contributed by atoms with E-state index in [-0.39, 0.29) is 23.3 Å².